The molecule has 1 heterocycles. The van der Waals surface area contributed by atoms with Gasteiger partial charge in [-0.1, -0.05) is 11.6 Å². The average molecular weight is 252 g/mol. The Balaban J connectivity index is 2.58. The highest BCUT2D eigenvalue weighted by Gasteiger charge is 2.21. The van der Waals surface area contributed by atoms with Crippen molar-refractivity contribution < 1.29 is 13.0 Å². The number of nitrogens with zero attached hydrogens (tertiary/aromatic N) is 1. The average Bonchev–Trinajstić information content (AvgIpc) is 2.16. The van der Waals surface area contributed by atoms with Gasteiger partial charge in [0.15, 0.2) is 5.82 Å². The zero-order valence-corrected chi connectivity index (χ0v) is 9.25. The van der Waals surface area contributed by atoms with E-state index < -0.39 is 26.4 Å². The highest BCUT2D eigenvalue weighted by Crippen LogP contribution is 2.33. The fourth-order valence-corrected chi connectivity index (χ4v) is 2.97. The maximum Gasteiger partial charge on any atom is 0.151 e. The van der Waals surface area contributed by atoms with Gasteiger partial charge in [0.2, 0.25) is 0 Å². The smallest absolute Gasteiger partial charge is 0.151 e. The fourth-order valence-electron chi connectivity index (χ4n) is 1.25. The van der Waals surface area contributed by atoms with Crippen molar-refractivity contribution in [1.82, 2.24) is 0 Å². The molecule has 1 aliphatic rings. The van der Waals surface area contributed by atoms with Crippen molar-refractivity contribution in [2.45, 2.75) is 6.42 Å². The molecule has 0 bridgehead atoms. The van der Waals surface area contributed by atoms with Crippen LogP contribution in [0.3, 0.4) is 0 Å². The summed E-state index contributed by atoms with van der Waals surface area (Å²) in [4.78, 5) is 0. The van der Waals surface area contributed by atoms with Crippen LogP contribution in [-0.4, -0.2) is 15.7 Å². The third-order valence-corrected chi connectivity index (χ3v) is 4.93. The lowest BCUT2D eigenvalue weighted by molar-refractivity contribution is 0.602. The lowest BCUT2D eigenvalue weighted by atomic mass is 10.3. The standard InChI is InChI=1S/C9H8ClF2NOS/c10-8-6(11)2-3-7(12)9(8)13-15(14)4-1-5-15/h2-3H,1,4-5H2. The first-order valence-corrected chi connectivity index (χ1v) is 6.61. The second kappa shape index (κ2) is 3.72. The summed E-state index contributed by atoms with van der Waals surface area (Å²) in [5, 5.41) is -0.398. The first kappa shape index (κ1) is 10.8. The van der Waals surface area contributed by atoms with Gasteiger partial charge in [-0.05, 0) is 18.6 Å². The van der Waals surface area contributed by atoms with Gasteiger partial charge >= 0.3 is 0 Å². The van der Waals surface area contributed by atoms with Crippen molar-refractivity contribution in [1.29, 1.82) is 0 Å². The molecule has 82 valence electrons. The number of rotatable bonds is 1. The molecule has 1 aliphatic heterocycles. The molecular formula is C9H8ClF2NOS. The van der Waals surface area contributed by atoms with Gasteiger partial charge < -0.3 is 0 Å². The van der Waals surface area contributed by atoms with E-state index in [9.17, 15) is 13.0 Å². The zero-order chi connectivity index (χ0) is 11.1. The van der Waals surface area contributed by atoms with Gasteiger partial charge in [0.05, 0.1) is 9.73 Å². The first-order valence-electron chi connectivity index (χ1n) is 4.38. The fraction of sp³-hybridized carbons (Fsp3) is 0.333. The van der Waals surface area contributed by atoms with Crippen molar-refractivity contribution >= 4 is 27.0 Å². The monoisotopic (exact) mass is 251 g/mol. The maximum absolute atomic E-state index is 13.3. The van der Waals surface area contributed by atoms with Crippen LogP contribution in [0.25, 0.3) is 0 Å². The molecule has 2 rings (SSSR count). The Hall–Kier alpha value is -0.680. The van der Waals surface area contributed by atoms with Gasteiger partial charge in [-0.15, -0.1) is 0 Å². The second-order valence-electron chi connectivity index (χ2n) is 3.32. The van der Waals surface area contributed by atoms with E-state index in [1.807, 2.05) is 0 Å². The Bertz CT molecular complexity index is 513. The van der Waals surface area contributed by atoms with E-state index in [0.29, 0.717) is 11.5 Å². The summed E-state index contributed by atoms with van der Waals surface area (Å²) >= 11 is 5.55. The molecule has 2 nitrogen and oxygen atoms in total. The molecule has 1 fully saturated rings. The van der Waals surface area contributed by atoms with E-state index in [2.05, 4.69) is 4.36 Å². The second-order valence-corrected chi connectivity index (χ2v) is 6.24. The van der Waals surface area contributed by atoms with Crippen LogP contribution >= 0.6 is 11.6 Å². The lowest BCUT2D eigenvalue weighted by Crippen LogP contribution is -2.23. The normalized spacial score (nSPS) is 18.3. The van der Waals surface area contributed by atoms with Crippen LogP contribution in [0.2, 0.25) is 5.02 Å². The number of hydrogen-bond donors (Lipinski definition) is 0. The largest absolute Gasteiger partial charge is 0.249 e. The minimum Gasteiger partial charge on any atom is -0.249 e. The Morgan fingerprint density at radius 2 is 1.87 bits per heavy atom. The third kappa shape index (κ3) is 1.99. The highest BCUT2D eigenvalue weighted by atomic mass is 35.5. The summed E-state index contributed by atoms with van der Waals surface area (Å²) in [6, 6.07) is 1.85. The summed E-state index contributed by atoms with van der Waals surface area (Å²) in [5.41, 5.74) is -0.318. The van der Waals surface area contributed by atoms with Crippen LogP contribution in [0.1, 0.15) is 6.42 Å². The predicted molar refractivity (Wildman–Crippen MR) is 55.9 cm³/mol. The third-order valence-electron chi connectivity index (χ3n) is 2.20. The van der Waals surface area contributed by atoms with E-state index in [4.69, 9.17) is 11.6 Å². The van der Waals surface area contributed by atoms with Gasteiger partial charge in [0.1, 0.15) is 16.5 Å². The molecule has 0 N–H and O–H groups in total. The zero-order valence-electron chi connectivity index (χ0n) is 7.67. The first-order chi connectivity index (χ1) is 7.02. The quantitative estimate of drug-likeness (QED) is 0.705. The molecule has 0 aromatic heterocycles. The van der Waals surface area contributed by atoms with Crippen LogP contribution in [0.5, 0.6) is 0 Å². The lowest BCUT2D eigenvalue weighted by Gasteiger charge is -2.18. The van der Waals surface area contributed by atoms with Crippen LogP contribution in [-0.2, 0) is 9.73 Å². The van der Waals surface area contributed by atoms with Crippen LogP contribution in [0, 0.1) is 11.6 Å². The van der Waals surface area contributed by atoms with E-state index in [0.717, 1.165) is 18.6 Å². The highest BCUT2D eigenvalue weighted by molar-refractivity contribution is 7.95. The summed E-state index contributed by atoms with van der Waals surface area (Å²) in [5.74, 6) is -0.631. The van der Waals surface area contributed by atoms with E-state index in [1.165, 1.54) is 0 Å². The van der Waals surface area contributed by atoms with Gasteiger partial charge in [0.25, 0.3) is 0 Å². The van der Waals surface area contributed by atoms with Crippen LogP contribution in [0.4, 0.5) is 14.5 Å². The van der Waals surface area contributed by atoms with Gasteiger partial charge in [-0.2, -0.15) is 4.36 Å². The number of benzene rings is 1. The van der Waals surface area contributed by atoms with Gasteiger partial charge in [-0.25, -0.2) is 13.0 Å². The Labute approximate surface area is 91.4 Å². The summed E-state index contributed by atoms with van der Waals surface area (Å²) in [6.07, 6.45) is 0.802. The summed E-state index contributed by atoms with van der Waals surface area (Å²) < 4.78 is 41.7. The molecule has 0 unspecified atom stereocenters. The molecule has 0 saturated carbocycles. The Kier molecular flexibility index (Phi) is 2.68. The van der Waals surface area contributed by atoms with Crippen molar-refractivity contribution in [3.05, 3.63) is 28.8 Å². The predicted octanol–water partition coefficient (Wildman–Crippen LogP) is 3.12. The maximum atomic E-state index is 13.3. The Morgan fingerprint density at radius 1 is 1.27 bits per heavy atom. The number of halogens is 3. The molecular weight excluding hydrogens is 244 g/mol. The molecule has 0 atom stereocenters. The molecule has 1 aromatic carbocycles. The van der Waals surface area contributed by atoms with E-state index in [-0.39, 0.29) is 5.69 Å². The molecule has 15 heavy (non-hydrogen) atoms. The van der Waals surface area contributed by atoms with E-state index in [1.54, 1.807) is 0 Å². The van der Waals surface area contributed by atoms with Crippen molar-refractivity contribution in [2.75, 3.05) is 11.5 Å². The minimum atomic E-state index is -2.37. The van der Waals surface area contributed by atoms with Crippen molar-refractivity contribution in [2.24, 2.45) is 4.36 Å². The molecule has 0 amide bonds. The van der Waals surface area contributed by atoms with Gasteiger partial charge in [-0.3, -0.25) is 0 Å². The SMILES string of the molecule is O=S1(=Nc2c(F)ccc(F)c2Cl)CCC1. The van der Waals surface area contributed by atoms with Crippen LogP contribution in [0.15, 0.2) is 16.5 Å². The molecule has 0 spiro atoms. The molecule has 6 heteroatoms. The number of hydrogen-bond acceptors (Lipinski definition) is 2. The molecule has 0 aliphatic carbocycles. The van der Waals surface area contributed by atoms with Crippen molar-refractivity contribution in [3.63, 3.8) is 0 Å². The van der Waals surface area contributed by atoms with Crippen LogP contribution < -0.4 is 0 Å². The van der Waals surface area contributed by atoms with Gasteiger partial charge in [0, 0.05) is 11.5 Å². The Morgan fingerprint density at radius 3 is 2.40 bits per heavy atom. The molecule has 0 radical (unpaired) electrons. The summed E-state index contributed by atoms with van der Waals surface area (Å²) in [6.45, 7) is 0. The minimum absolute atomic E-state index is 0.318. The van der Waals surface area contributed by atoms with Crippen molar-refractivity contribution in [3.8, 4) is 0 Å². The topological polar surface area (TPSA) is 29.4 Å². The summed E-state index contributed by atoms with van der Waals surface area (Å²) in [7, 11) is -2.37. The molecule has 1 aromatic rings. The van der Waals surface area contributed by atoms with E-state index >= 15 is 0 Å². The molecule has 1 saturated heterocycles.